The van der Waals surface area contributed by atoms with E-state index in [9.17, 15) is 28.6 Å². The molecule has 2 aromatic carbocycles. The summed E-state index contributed by atoms with van der Waals surface area (Å²) in [5, 5.41) is 21.4. The topological polar surface area (TPSA) is 139 Å². The van der Waals surface area contributed by atoms with Crippen molar-refractivity contribution in [3.63, 3.8) is 0 Å². The summed E-state index contributed by atoms with van der Waals surface area (Å²) < 4.78 is 34.4. The van der Waals surface area contributed by atoms with Crippen LogP contribution in [0, 0.1) is 20.2 Å². The number of nitrogens with zero attached hydrogens (tertiary/aromatic N) is 2. The van der Waals surface area contributed by atoms with Crippen LogP contribution in [0.4, 0.5) is 11.4 Å². The van der Waals surface area contributed by atoms with E-state index in [2.05, 4.69) is 0 Å². The molecular weight excluding hydrogens is 344 g/mol. The molecule has 24 heavy (non-hydrogen) atoms. The third kappa shape index (κ3) is 3.57. The summed E-state index contributed by atoms with van der Waals surface area (Å²) in [6, 6.07) is 7.34. The smallest absolute Gasteiger partial charge is 0.343 e. The summed E-state index contributed by atoms with van der Waals surface area (Å²) in [5.41, 5.74) is -0.700. The van der Waals surface area contributed by atoms with Gasteiger partial charge >= 0.3 is 10.1 Å². The highest BCUT2D eigenvalue weighted by Gasteiger charge is 2.25. The number of benzene rings is 2. The first-order valence-corrected chi connectivity index (χ1v) is 7.67. The van der Waals surface area contributed by atoms with E-state index >= 15 is 0 Å². The fourth-order valence-corrected chi connectivity index (χ4v) is 2.89. The van der Waals surface area contributed by atoms with Crippen LogP contribution in [0.25, 0.3) is 0 Å². The van der Waals surface area contributed by atoms with E-state index in [0.717, 1.165) is 42.5 Å². The van der Waals surface area contributed by atoms with Gasteiger partial charge in [-0.3, -0.25) is 20.2 Å². The highest BCUT2D eigenvalue weighted by molar-refractivity contribution is 7.87. The second-order valence-corrected chi connectivity index (χ2v) is 5.90. The van der Waals surface area contributed by atoms with Crippen LogP contribution in [0.15, 0.2) is 47.4 Å². The third-order valence-electron chi connectivity index (χ3n) is 2.88. The summed E-state index contributed by atoms with van der Waals surface area (Å²) in [7, 11) is -3.24. The summed E-state index contributed by atoms with van der Waals surface area (Å²) in [6.45, 7) is 0. The minimum Gasteiger partial charge on any atom is -0.495 e. The molecule has 10 nitrogen and oxygen atoms in total. The quantitative estimate of drug-likeness (QED) is 0.437. The Bertz CT molecular complexity index is 893. The fourth-order valence-electron chi connectivity index (χ4n) is 1.77. The van der Waals surface area contributed by atoms with Gasteiger partial charge in [-0.15, -0.1) is 0 Å². The molecule has 0 saturated heterocycles. The standard InChI is InChI=1S/C13H10N2O8S/c1-22-12-7-4-10(15(18)19)8-13(12)24(20,21)23-11-5-2-9(3-6-11)14(16)17/h2-8H,1H3. The van der Waals surface area contributed by atoms with Gasteiger partial charge in [-0.2, -0.15) is 8.42 Å². The zero-order valence-electron chi connectivity index (χ0n) is 12.1. The molecule has 2 rings (SSSR count). The van der Waals surface area contributed by atoms with Crippen molar-refractivity contribution in [1.82, 2.24) is 0 Å². The zero-order valence-corrected chi connectivity index (χ0v) is 12.9. The minimum atomic E-state index is -4.44. The maximum absolute atomic E-state index is 12.3. The Balaban J connectivity index is 2.41. The molecule has 126 valence electrons. The van der Waals surface area contributed by atoms with Crippen LogP contribution in [-0.4, -0.2) is 25.4 Å². The number of nitro benzene ring substituents is 2. The van der Waals surface area contributed by atoms with E-state index < -0.39 is 30.5 Å². The van der Waals surface area contributed by atoms with Crippen molar-refractivity contribution in [3.8, 4) is 11.5 Å². The fraction of sp³-hybridized carbons (Fsp3) is 0.0769. The van der Waals surface area contributed by atoms with E-state index in [1.165, 1.54) is 7.11 Å². The molecule has 0 aromatic heterocycles. The van der Waals surface area contributed by atoms with Gasteiger partial charge in [-0.1, -0.05) is 0 Å². The average molecular weight is 354 g/mol. The summed E-state index contributed by atoms with van der Waals surface area (Å²) in [6.07, 6.45) is 0. The molecule has 0 bridgehead atoms. The van der Waals surface area contributed by atoms with Crippen LogP contribution in [-0.2, 0) is 10.1 Å². The Morgan fingerprint density at radius 2 is 1.46 bits per heavy atom. The Labute approximate surface area is 135 Å². The van der Waals surface area contributed by atoms with Crippen molar-refractivity contribution in [2.75, 3.05) is 7.11 Å². The maximum Gasteiger partial charge on any atom is 0.343 e. The lowest BCUT2D eigenvalue weighted by atomic mass is 10.3. The van der Waals surface area contributed by atoms with Gasteiger partial charge in [0.2, 0.25) is 0 Å². The molecule has 0 N–H and O–H groups in total. The van der Waals surface area contributed by atoms with Crippen molar-refractivity contribution in [1.29, 1.82) is 0 Å². The van der Waals surface area contributed by atoms with E-state index in [1.807, 2.05) is 0 Å². The zero-order chi connectivity index (χ0) is 17.9. The van der Waals surface area contributed by atoms with Crippen LogP contribution in [0.3, 0.4) is 0 Å². The minimum absolute atomic E-state index is 0.137. The lowest BCUT2D eigenvalue weighted by molar-refractivity contribution is -0.385. The van der Waals surface area contributed by atoms with Crippen LogP contribution >= 0.6 is 0 Å². The SMILES string of the molecule is COc1ccc([N+](=O)[O-])cc1S(=O)(=O)Oc1ccc([N+](=O)[O-])cc1. The van der Waals surface area contributed by atoms with Crippen molar-refractivity contribution < 1.29 is 27.2 Å². The molecule has 0 amide bonds. The maximum atomic E-state index is 12.3. The Morgan fingerprint density at radius 1 is 0.917 bits per heavy atom. The number of rotatable bonds is 6. The molecule has 0 aliphatic rings. The Kier molecular flexibility index (Phi) is 4.64. The second kappa shape index (κ2) is 6.50. The van der Waals surface area contributed by atoms with Crippen molar-refractivity contribution >= 4 is 21.5 Å². The average Bonchev–Trinajstić information content (AvgIpc) is 2.54. The molecule has 0 fully saturated rings. The molecule has 0 radical (unpaired) electrons. The number of methoxy groups -OCH3 is 1. The molecular formula is C13H10N2O8S. The molecule has 0 saturated carbocycles. The van der Waals surface area contributed by atoms with Crippen LogP contribution in [0.2, 0.25) is 0 Å². The number of ether oxygens (including phenoxy) is 1. The molecule has 0 aliphatic heterocycles. The predicted octanol–water partition coefficient (Wildman–Crippen LogP) is 2.28. The first-order chi connectivity index (χ1) is 11.2. The van der Waals surface area contributed by atoms with E-state index in [-0.39, 0.29) is 17.2 Å². The van der Waals surface area contributed by atoms with Crippen LogP contribution < -0.4 is 8.92 Å². The normalized spacial score (nSPS) is 10.9. The largest absolute Gasteiger partial charge is 0.495 e. The van der Waals surface area contributed by atoms with Crippen LogP contribution in [0.1, 0.15) is 0 Å². The highest BCUT2D eigenvalue weighted by atomic mass is 32.2. The highest BCUT2D eigenvalue weighted by Crippen LogP contribution is 2.30. The number of non-ortho nitro benzene ring substituents is 2. The lowest BCUT2D eigenvalue weighted by Crippen LogP contribution is -2.11. The molecule has 11 heteroatoms. The molecule has 0 heterocycles. The molecule has 0 aliphatic carbocycles. The number of nitro groups is 2. The molecule has 0 atom stereocenters. The summed E-state index contributed by atoms with van der Waals surface area (Å²) >= 11 is 0. The second-order valence-electron chi connectivity index (χ2n) is 4.38. The first kappa shape index (κ1) is 17.1. The molecule has 0 spiro atoms. The summed E-state index contributed by atoms with van der Waals surface area (Å²) in [5.74, 6) is -0.323. The van der Waals surface area contributed by atoms with E-state index in [1.54, 1.807) is 0 Å². The van der Waals surface area contributed by atoms with Gasteiger partial charge < -0.3 is 8.92 Å². The van der Waals surface area contributed by atoms with Gasteiger partial charge in [0.25, 0.3) is 11.4 Å². The first-order valence-electron chi connectivity index (χ1n) is 6.26. The van der Waals surface area contributed by atoms with Gasteiger partial charge in [0.15, 0.2) is 4.90 Å². The van der Waals surface area contributed by atoms with Gasteiger partial charge in [0, 0.05) is 24.3 Å². The Hall–Kier alpha value is -3.21. The molecule has 0 unspecified atom stereocenters. The van der Waals surface area contributed by atoms with Crippen molar-refractivity contribution in [2.45, 2.75) is 4.90 Å². The van der Waals surface area contributed by atoms with E-state index in [4.69, 9.17) is 8.92 Å². The predicted molar refractivity (Wildman–Crippen MR) is 80.6 cm³/mol. The van der Waals surface area contributed by atoms with Gasteiger partial charge in [-0.25, -0.2) is 0 Å². The number of hydrogen-bond acceptors (Lipinski definition) is 8. The monoisotopic (exact) mass is 354 g/mol. The van der Waals surface area contributed by atoms with Crippen LogP contribution in [0.5, 0.6) is 11.5 Å². The van der Waals surface area contributed by atoms with Gasteiger partial charge in [-0.05, 0) is 18.2 Å². The Morgan fingerprint density at radius 3 is 1.96 bits per heavy atom. The lowest BCUT2D eigenvalue weighted by Gasteiger charge is -2.10. The van der Waals surface area contributed by atoms with Gasteiger partial charge in [0.05, 0.1) is 17.0 Å². The van der Waals surface area contributed by atoms with E-state index in [0.29, 0.717) is 0 Å². The van der Waals surface area contributed by atoms with Gasteiger partial charge in [0.1, 0.15) is 11.5 Å². The molecule has 2 aromatic rings. The number of hydrogen-bond donors (Lipinski definition) is 0. The summed E-state index contributed by atoms with van der Waals surface area (Å²) in [4.78, 5) is 19.4. The van der Waals surface area contributed by atoms with Crippen molar-refractivity contribution in [3.05, 3.63) is 62.7 Å². The third-order valence-corrected chi connectivity index (χ3v) is 4.15. The van der Waals surface area contributed by atoms with Crippen molar-refractivity contribution in [2.24, 2.45) is 0 Å².